The van der Waals surface area contributed by atoms with Gasteiger partial charge in [-0.2, -0.15) is 5.10 Å². The van der Waals surface area contributed by atoms with E-state index in [1.54, 1.807) is 0 Å². The number of piperidine rings is 1. The van der Waals surface area contributed by atoms with Crippen LogP contribution in [-0.4, -0.2) is 39.1 Å². The topological polar surface area (TPSA) is 64.8 Å². The smallest absolute Gasteiger partial charge is 0.253 e. The van der Waals surface area contributed by atoms with Crippen molar-refractivity contribution in [1.29, 1.82) is 0 Å². The standard InChI is InChI=1S/C19H20N4O/c24-18(14-3-2-13-5-8-20-16(13)10-14)23-9-1-6-19(12-23)7-4-15-11-21-22-17(15)19/h2-3,5,8,10-11,20H,1,4,6-7,9,12H2,(H,21,22). The van der Waals surface area contributed by atoms with Gasteiger partial charge in [-0.3, -0.25) is 9.89 Å². The summed E-state index contributed by atoms with van der Waals surface area (Å²) in [5.74, 6) is 0.138. The third-order valence-electron chi connectivity index (χ3n) is 5.79. The fraction of sp³-hybridized carbons (Fsp3) is 0.368. The molecule has 3 aromatic rings. The Hall–Kier alpha value is -2.56. The molecule has 0 radical (unpaired) electrons. The summed E-state index contributed by atoms with van der Waals surface area (Å²) in [5.41, 5.74) is 4.46. The molecule has 2 aliphatic rings. The van der Waals surface area contributed by atoms with Crippen molar-refractivity contribution in [2.45, 2.75) is 31.1 Å². The van der Waals surface area contributed by atoms with Gasteiger partial charge in [0.2, 0.25) is 0 Å². The Morgan fingerprint density at radius 1 is 1.25 bits per heavy atom. The summed E-state index contributed by atoms with van der Waals surface area (Å²) in [6.45, 7) is 1.64. The zero-order chi connectivity index (χ0) is 16.1. The largest absolute Gasteiger partial charge is 0.361 e. The van der Waals surface area contributed by atoms with E-state index in [-0.39, 0.29) is 11.3 Å². The van der Waals surface area contributed by atoms with Gasteiger partial charge in [-0.25, -0.2) is 0 Å². The Morgan fingerprint density at radius 3 is 3.17 bits per heavy atom. The summed E-state index contributed by atoms with van der Waals surface area (Å²) in [5, 5.41) is 8.56. The van der Waals surface area contributed by atoms with Gasteiger partial charge in [0.05, 0.1) is 6.20 Å². The molecule has 3 heterocycles. The van der Waals surface area contributed by atoms with Crippen LogP contribution in [0.15, 0.2) is 36.7 Å². The predicted molar refractivity (Wildman–Crippen MR) is 92.0 cm³/mol. The normalized spacial score (nSPS) is 23.1. The van der Waals surface area contributed by atoms with E-state index in [9.17, 15) is 4.79 Å². The number of aromatic nitrogens is 3. The van der Waals surface area contributed by atoms with E-state index in [1.165, 1.54) is 11.3 Å². The molecule has 2 aromatic heterocycles. The summed E-state index contributed by atoms with van der Waals surface area (Å²) >= 11 is 0. The first-order valence-corrected chi connectivity index (χ1v) is 8.64. The molecule has 0 saturated carbocycles. The van der Waals surface area contributed by atoms with Crippen LogP contribution in [0.25, 0.3) is 10.9 Å². The van der Waals surface area contributed by atoms with E-state index in [2.05, 4.69) is 15.2 Å². The number of H-pyrrole nitrogens is 2. The van der Waals surface area contributed by atoms with Gasteiger partial charge in [-0.15, -0.1) is 0 Å². The zero-order valence-electron chi connectivity index (χ0n) is 13.5. The molecule has 1 saturated heterocycles. The minimum atomic E-state index is 0.0796. The molecular weight excluding hydrogens is 300 g/mol. The van der Waals surface area contributed by atoms with Crippen molar-refractivity contribution < 1.29 is 4.79 Å². The van der Waals surface area contributed by atoms with Crippen molar-refractivity contribution in [3.05, 3.63) is 53.5 Å². The Kier molecular flexibility index (Phi) is 2.86. The number of aromatic amines is 2. The Morgan fingerprint density at radius 2 is 2.21 bits per heavy atom. The Balaban J connectivity index is 1.45. The van der Waals surface area contributed by atoms with E-state index >= 15 is 0 Å². The summed E-state index contributed by atoms with van der Waals surface area (Å²) in [6, 6.07) is 7.95. The second kappa shape index (κ2) is 4.97. The van der Waals surface area contributed by atoms with Gasteiger partial charge in [-0.05, 0) is 54.8 Å². The van der Waals surface area contributed by atoms with Gasteiger partial charge in [0.25, 0.3) is 5.91 Å². The number of carbonyl (C=O) groups excluding carboxylic acids is 1. The van der Waals surface area contributed by atoms with Crippen LogP contribution in [0, 0.1) is 0 Å². The first-order chi connectivity index (χ1) is 11.8. The molecule has 1 spiro atoms. The molecule has 1 unspecified atom stereocenters. The molecule has 5 rings (SSSR count). The van der Waals surface area contributed by atoms with Crippen LogP contribution < -0.4 is 0 Å². The van der Waals surface area contributed by atoms with Gasteiger partial charge < -0.3 is 9.88 Å². The first kappa shape index (κ1) is 13.8. The van der Waals surface area contributed by atoms with Crippen molar-refractivity contribution in [3.63, 3.8) is 0 Å². The van der Waals surface area contributed by atoms with Gasteiger partial charge in [0.15, 0.2) is 0 Å². The van der Waals surface area contributed by atoms with Crippen molar-refractivity contribution in [2.24, 2.45) is 0 Å². The minimum Gasteiger partial charge on any atom is -0.361 e. The Bertz CT molecular complexity index is 924. The van der Waals surface area contributed by atoms with Crippen LogP contribution in [-0.2, 0) is 11.8 Å². The Labute approximate surface area is 140 Å². The third-order valence-corrected chi connectivity index (χ3v) is 5.79. The second-order valence-electron chi connectivity index (χ2n) is 7.16. The summed E-state index contributed by atoms with van der Waals surface area (Å²) in [6.07, 6.45) is 8.24. The molecule has 2 N–H and O–H groups in total. The number of hydrogen-bond donors (Lipinski definition) is 2. The van der Waals surface area contributed by atoms with Crippen LogP contribution >= 0.6 is 0 Å². The lowest BCUT2D eigenvalue weighted by molar-refractivity contribution is 0.0633. The predicted octanol–water partition coefficient (Wildman–Crippen LogP) is 3.01. The fourth-order valence-electron chi connectivity index (χ4n) is 4.54. The lowest BCUT2D eigenvalue weighted by Crippen LogP contribution is -2.47. The highest BCUT2D eigenvalue weighted by molar-refractivity contribution is 5.98. The summed E-state index contributed by atoms with van der Waals surface area (Å²) in [4.78, 5) is 18.3. The lowest BCUT2D eigenvalue weighted by Gasteiger charge is -2.40. The molecule has 1 atom stereocenters. The van der Waals surface area contributed by atoms with Crippen molar-refractivity contribution in [2.75, 3.05) is 13.1 Å². The number of rotatable bonds is 1. The molecule has 1 aliphatic carbocycles. The number of amides is 1. The average Bonchev–Trinajstić information content (AvgIpc) is 3.32. The number of aryl methyl sites for hydroxylation is 1. The molecule has 1 aromatic carbocycles. The first-order valence-electron chi connectivity index (χ1n) is 8.64. The molecule has 1 fully saturated rings. The average molecular weight is 320 g/mol. The summed E-state index contributed by atoms with van der Waals surface area (Å²) in [7, 11) is 0. The highest BCUT2D eigenvalue weighted by atomic mass is 16.2. The molecule has 24 heavy (non-hydrogen) atoms. The molecule has 0 bridgehead atoms. The minimum absolute atomic E-state index is 0.0796. The van der Waals surface area contributed by atoms with Gasteiger partial charge in [0.1, 0.15) is 0 Å². The van der Waals surface area contributed by atoms with Gasteiger partial charge in [-0.1, -0.05) is 6.07 Å². The maximum absolute atomic E-state index is 13.0. The van der Waals surface area contributed by atoms with E-state index in [0.717, 1.165) is 55.2 Å². The molecule has 122 valence electrons. The molecule has 1 amide bonds. The van der Waals surface area contributed by atoms with E-state index < -0.39 is 0 Å². The van der Waals surface area contributed by atoms with Crippen molar-refractivity contribution in [3.8, 4) is 0 Å². The number of likely N-dealkylation sites (tertiary alicyclic amines) is 1. The number of carbonyl (C=O) groups is 1. The van der Waals surface area contributed by atoms with Crippen LogP contribution in [0.3, 0.4) is 0 Å². The highest BCUT2D eigenvalue weighted by Crippen LogP contribution is 2.44. The van der Waals surface area contributed by atoms with Crippen LogP contribution in [0.2, 0.25) is 0 Å². The zero-order valence-corrected chi connectivity index (χ0v) is 13.5. The monoisotopic (exact) mass is 320 g/mol. The quantitative estimate of drug-likeness (QED) is 0.724. The number of fused-ring (bicyclic) bond motifs is 3. The van der Waals surface area contributed by atoms with Crippen LogP contribution in [0.5, 0.6) is 0 Å². The molecular formula is C19H20N4O. The second-order valence-corrected chi connectivity index (χ2v) is 7.16. The van der Waals surface area contributed by atoms with Crippen molar-refractivity contribution >= 4 is 16.8 Å². The van der Waals surface area contributed by atoms with Crippen LogP contribution in [0.4, 0.5) is 0 Å². The van der Waals surface area contributed by atoms with Crippen LogP contribution in [0.1, 0.15) is 40.9 Å². The summed E-state index contributed by atoms with van der Waals surface area (Å²) < 4.78 is 0. The highest BCUT2D eigenvalue weighted by Gasteiger charge is 2.44. The molecule has 1 aliphatic heterocycles. The van der Waals surface area contributed by atoms with E-state index in [0.29, 0.717) is 0 Å². The van der Waals surface area contributed by atoms with Gasteiger partial charge in [0, 0.05) is 41.5 Å². The number of hydrogen-bond acceptors (Lipinski definition) is 2. The number of benzene rings is 1. The maximum Gasteiger partial charge on any atom is 0.253 e. The SMILES string of the molecule is O=C(c1ccc2cc[nH]c2c1)N1CCCC2(CCc3cn[nH]c32)C1. The lowest BCUT2D eigenvalue weighted by atomic mass is 9.77. The van der Waals surface area contributed by atoms with Crippen molar-refractivity contribution in [1.82, 2.24) is 20.1 Å². The molecule has 5 nitrogen and oxygen atoms in total. The third kappa shape index (κ3) is 1.94. The maximum atomic E-state index is 13.0. The fourth-order valence-corrected chi connectivity index (χ4v) is 4.54. The van der Waals surface area contributed by atoms with E-state index in [1.807, 2.05) is 41.6 Å². The van der Waals surface area contributed by atoms with Gasteiger partial charge >= 0.3 is 0 Å². The van der Waals surface area contributed by atoms with E-state index in [4.69, 9.17) is 0 Å². The number of nitrogens with zero attached hydrogens (tertiary/aromatic N) is 2. The number of nitrogens with one attached hydrogen (secondary N) is 2. The molecule has 5 heteroatoms.